The van der Waals surface area contributed by atoms with E-state index in [-0.39, 0.29) is 11.7 Å². The maximum atomic E-state index is 11.8. The molecule has 2 atom stereocenters. The first-order valence-corrected chi connectivity index (χ1v) is 13.7. The van der Waals surface area contributed by atoms with Crippen molar-refractivity contribution in [3.8, 4) is 16.3 Å². The zero-order chi connectivity index (χ0) is 27.0. The number of thiazole rings is 1. The van der Waals surface area contributed by atoms with Gasteiger partial charge in [-0.15, -0.1) is 11.3 Å². The van der Waals surface area contributed by atoms with Crippen molar-refractivity contribution in [2.75, 3.05) is 18.5 Å². The Labute approximate surface area is 229 Å². The molecule has 39 heavy (non-hydrogen) atoms. The zero-order valence-electron chi connectivity index (χ0n) is 21.4. The number of carboxylic acid groups (broad SMARTS) is 1. The van der Waals surface area contributed by atoms with Crippen LogP contribution in [0.4, 0.5) is 11.6 Å². The highest BCUT2D eigenvalue weighted by atomic mass is 32.1. The van der Waals surface area contributed by atoms with Crippen LogP contribution in [0.3, 0.4) is 0 Å². The van der Waals surface area contributed by atoms with Gasteiger partial charge in [-0.25, -0.2) is 19.7 Å². The van der Waals surface area contributed by atoms with Crippen molar-refractivity contribution in [1.29, 1.82) is 0 Å². The number of aryl methyl sites for hydroxylation is 2. The average molecular weight is 545 g/mol. The number of benzene rings is 1. The summed E-state index contributed by atoms with van der Waals surface area (Å²) < 4.78 is 11.4. The van der Waals surface area contributed by atoms with Gasteiger partial charge in [-0.05, 0) is 73.2 Å². The smallest absolute Gasteiger partial charge is 0.335 e. The van der Waals surface area contributed by atoms with Crippen LogP contribution in [-0.2, 0) is 16.8 Å². The van der Waals surface area contributed by atoms with Crippen molar-refractivity contribution in [3.63, 3.8) is 0 Å². The number of rotatable bonds is 7. The van der Waals surface area contributed by atoms with Gasteiger partial charge in [0, 0.05) is 24.9 Å². The first-order valence-electron chi connectivity index (χ1n) is 12.9. The molecule has 1 aromatic carbocycles. The average Bonchev–Trinajstić information content (AvgIpc) is 3.62. The Bertz CT molecular complexity index is 1530. The number of anilines is 2. The van der Waals surface area contributed by atoms with Crippen LogP contribution in [0.5, 0.6) is 5.75 Å². The van der Waals surface area contributed by atoms with Gasteiger partial charge in [-0.1, -0.05) is 6.07 Å². The molecular formula is C29H28N4O5S. The third-order valence-electron chi connectivity index (χ3n) is 7.04. The SMILES string of the molecule is Cc1cc(Nc2cc(OC3CCOC3)ccn2)nc(-c2cnc([C@@]3(O)CCCc4cc(C(=O)O)ccc43)s2)c1. The lowest BCUT2D eigenvalue weighted by Gasteiger charge is -2.33. The number of aromatic carboxylic acids is 1. The third-order valence-corrected chi connectivity index (χ3v) is 8.21. The van der Waals surface area contributed by atoms with E-state index in [1.165, 1.54) is 11.3 Å². The van der Waals surface area contributed by atoms with Crippen LogP contribution in [-0.4, -0.2) is 50.5 Å². The molecule has 1 fully saturated rings. The number of hydrogen-bond donors (Lipinski definition) is 3. The lowest BCUT2D eigenvalue weighted by Crippen LogP contribution is -2.32. The van der Waals surface area contributed by atoms with Crippen molar-refractivity contribution in [3.05, 3.63) is 82.1 Å². The van der Waals surface area contributed by atoms with Gasteiger partial charge >= 0.3 is 5.97 Å². The van der Waals surface area contributed by atoms with E-state index in [0.29, 0.717) is 36.3 Å². The molecule has 1 aliphatic carbocycles. The van der Waals surface area contributed by atoms with E-state index in [1.54, 1.807) is 30.6 Å². The highest BCUT2D eigenvalue weighted by molar-refractivity contribution is 7.15. The molecule has 0 radical (unpaired) electrons. The second-order valence-electron chi connectivity index (χ2n) is 9.94. The number of carboxylic acids is 1. The summed E-state index contributed by atoms with van der Waals surface area (Å²) >= 11 is 1.39. The van der Waals surface area contributed by atoms with E-state index >= 15 is 0 Å². The molecule has 3 aromatic heterocycles. The first kappa shape index (κ1) is 25.4. The standard InChI is InChI=1S/C29H28N4O5S/c1-17-11-23(32-26(12-17)33-25-14-20(6-9-30-25)38-21-7-10-37-16-21)24-15-31-28(39-24)29(36)8-2-3-18-13-19(27(34)35)4-5-22(18)29/h4-6,9,11-15,21,36H,2-3,7-8,10,16H2,1H3,(H,34,35)(H,30,32,33)/t21?,29-/m1/s1. The molecule has 1 aliphatic heterocycles. The molecule has 3 N–H and O–H groups in total. The third kappa shape index (κ3) is 5.23. The Morgan fingerprint density at radius 2 is 2.08 bits per heavy atom. The molecule has 0 saturated carbocycles. The number of nitrogens with one attached hydrogen (secondary N) is 1. The minimum Gasteiger partial charge on any atom is -0.488 e. The van der Waals surface area contributed by atoms with Gasteiger partial charge in [0.1, 0.15) is 34.1 Å². The van der Waals surface area contributed by atoms with E-state index in [9.17, 15) is 15.0 Å². The Kier molecular flexibility index (Phi) is 6.76. The number of carbonyl (C=O) groups is 1. The van der Waals surface area contributed by atoms with Crippen molar-refractivity contribution >= 4 is 28.9 Å². The van der Waals surface area contributed by atoms with Gasteiger partial charge in [0.15, 0.2) is 0 Å². The fourth-order valence-electron chi connectivity index (χ4n) is 5.15. The van der Waals surface area contributed by atoms with Gasteiger partial charge < -0.3 is 25.0 Å². The molecular weight excluding hydrogens is 516 g/mol. The van der Waals surface area contributed by atoms with Crippen LogP contribution in [0.2, 0.25) is 0 Å². The molecule has 0 bridgehead atoms. The normalized spacial score (nSPS) is 20.4. The number of aliphatic hydroxyl groups is 1. The van der Waals surface area contributed by atoms with E-state index in [1.807, 2.05) is 31.2 Å². The van der Waals surface area contributed by atoms with Gasteiger partial charge in [0.25, 0.3) is 0 Å². The predicted octanol–water partition coefficient (Wildman–Crippen LogP) is 5.09. The summed E-state index contributed by atoms with van der Waals surface area (Å²) in [5.74, 6) is 1.00. The van der Waals surface area contributed by atoms with Crippen molar-refractivity contribution in [1.82, 2.24) is 15.0 Å². The molecule has 4 aromatic rings. The maximum Gasteiger partial charge on any atom is 0.335 e. The van der Waals surface area contributed by atoms with Gasteiger partial charge in [0.05, 0.1) is 29.3 Å². The fourth-order valence-corrected chi connectivity index (χ4v) is 6.16. The van der Waals surface area contributed by atoms with Crippen LogP contribution in [0, 0.1) is 6.92 Å². The number of pyridine rings is 2. The summed E-state index contributed by atoms with van der Waals surface area (Å²) in [6.45, 7) is 3.30. The van der Waals surface area contributed by atoms with E-state index in [0.717, 1.165) is 52.3 Å². The Balaban J connectivity index is 1.25. The van der Waals surface area contributed by atoms with Crippen LogP contribution in [0.25, 0.3) is 10.6 Å². The van der Waals surface area contributed by atoms with E-state index in [2.05, 4.69) is 15.3 Å². The Morgan fingerprint density at radius 1 is 1.18 bits per heavy atom. The summed E-state index contributed by atoms with van der Waals surface area (Å²) in [5, 5.41) is 25.0. The largest absolute Gasteiger partial charge is 0.488 e. The second-order valence-corrected chi connectivity index (χ2v) is 11.0. The Morgan fingerprint density at radius 3 is 2.90 bits per heavy atom. The summed E-state index contributed by atoms with van der Waals surface area (Å²) in [6.07, 6.45) is 6.33. The minimum atomic E-state index is -1.27. The molecule has 4 heterocycles. The first-order chi connectivity index (χ1) is 18.9. The molecule has 0 amide bonds. The lowest BCUT2D eigenvalue weighted by molar-refractivity contribution is 0.0607. The number of nitrogens with zero attached hydrogens (tertiary/aromatic N) is 3. The molecule has 6 rings (SSSR count). The molecule has 2 aliphatic rings. The molecule has 10 heteroatoms. The summed E-state index contributed by atoms with van der Waals surface area (Å²) in [4.78, 5) is 26.1. The van der Waals surface area contributed by atoms with Crippen LogP contribution in [0.15, 0.2) is 54.9 Å². The van der Waals surface area contributed by atoms with Crippen LogP contribution < -0.4 is 10.1 Å². The topological polar surface area (TPSA) is 127 Å². The molecule has 1 saturated heterocycles. The summed E-state index contributed by atoms with van der Waals surface area (Å²) in [5.41, 5.74) is 2.26. The van der Waals surface area contributed by atoms with Crippen molar-refractivity contribution < 1.29 is 24.5 Å². The molecule has 200 valence electrons. The van der Waals surface area contributed by atoms with Crippen LogP contribution >= 0.6 is 11.3 Å². The van der Waals surface area contributed by atoms with Gasteiger partial charge in [0.2, 0.25) is 0 Å². The number of fused-ring (bicyclic) bond motifs is 1. The Hall–Kier alpha value is -3.86. The number of hydrogen-bond acceptors (Lipinski definition) is 9. The summed E-state index contributed by atoms with van der Waals surface area (Å²) in [6, 6.07) is 12.5. The molecule has 1 unspecified atom stereocenters. The van der Waals surface area contributed by atoms with E-state index in [4.69, 9.17) is 14.5 Å². The lowest BCUT2D eigenvalue weighted by atomic mass is 9.79. The number of ether oxygens (including phenoxy) is 2. The van der Waals surface area contributed by atoms with Crippen molar-refractivity contribution in [2.24, 2.45) is 0 Å². The minimum absolute atomic E-state index is 0.0506. The van der Waals surface area contributed by atoms with Gasteiger partial charge in [-0.2, -0.15) is 0 Å². The number of aromatic nitrogens is 3. The highest BCUT2D eigenvalue weighted by Gasteiger charge is 2.39. The quantitative estimate of drug-likeness (QED) is 0.292. The zero-order valence-corrected chi connectivity index (χ0v) is 22.2. The fraction of sp³-hybridized carbons (Fsp3) is 0.310. The molecule has 9 nitrogen and oxygen atoms in total. The van der Waals surface area contributed by atoms with Gasteiger partial charge in [-0.3, -0.25) is 0 Å². The second kappa shape index (κ2) is 10.4. The highest BCUT2D eigenvalue weighted by Crippen LogP contribution is 2.43. The monoisotopic (exact) mass is 544 g/mol. The van der Waals surface area contributed by atoms with Crippen LogP contribution in [0.1, 0.15) is 51.3 Å². The van der Waals surface area contributed by atoms with E-state index < -0.39 is 11.6 Å². The maximum absolute atomic E-state index is 11.8. The van der Waals surface area contributed by atoms with Crippen molar-refractivity contribution in [2.45, 2.75) is 44.3 Å². The summed E-state index contributed by atoms with van der Waals surface area (Å²) in [7, 11) is 0. The predicted molar refractivity (Wildman–Crippen MR) is 147 cm³/mol. The molecule has 0 spiro atoms.